The van der Waals surface area contributed by atoms with E-state index in [0.717, 1.165) is 48.2 Å². The van der Waals surface area contributed by atoms with Crippen molar-refractivity contribution < 1.29 is 9.53 Å². The van der Waals surface area contributed by atoms with Gasteiger partial charge in [0.05, 0.1) is 12.8 Å². The van der Waals surface area contributed by atoms with Crippen molar-refractivity contribution in [3.63, 3.8) is 0 Å². The first kappa shape index (κ1) is 20.5. The number of aliphatic imine (C=N–C) groups is 1. The number of carbonyl (C=O) groups is 1. The summed E-state index contributed by atoms with van der Waals surface area (Å²) in [6.45, 7) is 3.98. The van der Waals surface area contributed by atoms with Crippen molar-refractivity contribution in [1.82, 2.24) is 10.6 Å². The number of ether oxygens (including phenoxy) is 1. The fourth-order valence-corrected chi connectivity index (χ4v) is 3.52. The van der Waals surface area contributed by atoms with Crippen molar-refractivity contribution in [2.45, 2.75) is 25.9 Å². The molecule has 1 fully saturated rings. The van der Waals surface area contributed by atoms with E-state index < -0.39 is 0 Å². The highest BCUT2D eigenvalue weighted by atomic mass is 16.5. The van der Waals surface area contributed by atoms with Crippen LogP contribution >= 0.6 is 0 Å². The number of hydrogen-bond acceptors (Lipinski definition) is 4. The first-order chi connectivity index (χ1) is 14.1. The number of nitrogens with zero attached hydrogens (tertiary/aromatic N) is 2. The van der Waals surface area contributed by atoms with Gasteiger partial charge in [0.1, 0.15) is 5.75 Å². The van der Waals surface area contributed by atoms with Gasteiger partial charge < -0.3 is 25.6 Å². The monoisotopic (exact) mass is 395 g/mol. The van der Waals surface area contributed by atoms with E-state index in [4.69, 9.17) is 4.74 Å². The number of amides is 1. The molecule has 29 heavy (non-hydrogen) atoms. The number of rotatable bonds is 6. The Morgan fingerprint density at radius 3 is 2.83 bits per heavy atom. The smallest absolute Gasteiger partial charge is 0.221 e. The number of para-hydroxylation sites is 2. The molecule has 154 valence electrons. The van der Waals surface area contributed by atoms with Crippen LogP contribution in [0.2, 0.25) is 0 Å². The molecule has 1 heterocycles. The molecule has 0 aromatic heterocycles. The van der Waals surface area contributed by atoms with Crippen LogP contribution in [0.15, 0.2) is 53.5 Å². The summed E-state index contributed by atoms with van der Waals surface area (Å²) >= 11 is 0. The molecule has 1 unspecified atom stereocenters. The van der Waals surface area contributed by atoms with E-state index in [9.17, 15) is 4.79 Å². The Kier molecular flexibility index (Phi) is 6.94. The van der Waals surface area contributed by atoms with Gasteiger partial charge in [0.15, 0.2) is 5.96 Å². The number of benzene rings is 2. The van der Waals surface area contributed by atoms with Crippen LogP contribution in [0.25, 0.3) is 0 Å². The molecule has 2 aromatic carbocycles. The Morgan fingerprint density at radius 1 is 1.24 bits per heavy atom. The summed E-state index contributed by atoms with van der Waals surface area (Å²) < 4.78 is 5.49. The van der Waals surface area contributed by atoms with Crippen molar-refractivity contribution in [2.75, 3.05) is 37.5 Å². The molecule has 7 nitrogen and oxygen atoms in total. The number of carbonyl (C=O) groups excluding carboxylic acids is 1. The Bertz CT molecular complexity index is 868. The number of methoxy groups -OCH3 is 1. The molecule has 0 bridgehead atoms. The molecule has 7 heteroatoms. The first-order valence-corrected chi connectivity index (χ1v) is 9.80. The van der Waals surface area contributed by atoms with Gasteiger partial charge in [0.25, 0.3) is 0 Å². The Hall–Kier alpha value is -3.22. The Morgan fingerprint density at radius 2 is 2.07 bits per heavy atom. The average molecular weight is 396 g/mol. The van der Waals surface area contributed by atoms with Crippen LogP contribution in [-0.2, 0) is 11.3 Å². The van der Waals surface area contributed by atoms with Crippen LogP contribution in [0.5, 0.6) is 5.75 Å². The minimum atomic E-state index is -0.0755. The van der Waals surface area contributed by atoms with Crippen molar-refractivity contribution in [2.24, 2.45) is 4.99 Å². The third-order valence-electron chi connectivity index (χ3n) is 4.89. The summed E-state index contributed by atoms with van der Waals surface area (Å²) in [7, 11) is 3.48. The highest BCUT2D eigenvalue weighted by Crippen LogP contribution is 2.30. The topological polar surface area (TPSA) is 78.0 Å². The van der Waals surface area contributed by atoms with E-state index >= 15 is 0 Å². The van der Waals surface area contributed by atoms with E-state index in [1.807, 2.05) is 42.5 Å². The molecule has 0 aliphatic carbocycles. The molecule has 3 rings (SSSR count). The van der Waals surface area contributed by atoms with Gasteiger partial charge in [-0.25, -0.2) is 0 Å². The molecule has 2 aromatic rings. The second-order valence-corrected chi connectivity index (χ2v) is 7.06. The minimum absolute atomic E-state index is 0.0755. The van der Waals surface area contributed by atoms with Gasteiger partial charge in [-0.2, -0.15) is 0 Å². The summed E-state index contributed by atoms with van der Waals surface area (Å²) in [4.78, 5) is 17.9. The third-order valence-corrected chi connectivity index (χ3v) is 4.89. The second kappa shape index (κ2) is 9.82. The minimum Gasteiger partial charge on any atom is -0.495 e. The molecule has 1 aliphatic heterocycles. The maximum Gasteiger partial charge on any atom is 0.221 e. The predicted molar refractivity (Wildman–Crippen MR) is 118 cm³/mol. The Balaban J connectivity index is 1.54. The van der Waals surface area contributed by atoms with Crippen LogP contribution in [0, 0.1) is 0 Å². The zero-order valence-electron chi connectivity index (χ0n) is 17.2. The van der Waals surface area contributed by atoms with Crippen LogP contribution in [0.1, 0.15) is 18.9 Å². The number of anilines is 2. The molecule has 1 atom stereocenters. The maximum absolute atomic E-state index is 11.2. The van der Waals surface area contributed by atoms with E-state index in [-0.39, 0.29) is 5.91 Å². The van der Waals surface area contributed by atoms with Crippen LogP contribution in [0.3, 0.4) is 0 Å². The van der Waals surface area contributed by atoms with Crippen LogP contribution < -0.4 is 25.6 Å². The SMILES string of the molecule is CN=C(NCc1cccc(NC(C)=O)c1)NC1CCN(c2ccccc2OC)C1. The van der Waals surface area contributed by atoms with Crippen molar-refractivity contribution in [3.05, 3.63) is 54.1 Å². The number of hydrogen-bond donors (Lipinski definition) is 3. The fraction of sp³-hybridized carbons (Fsp3) is 0.364. The van der Waals surface area contributed by atoms with E-state index in [0.29, 0.717) is 12.6 Å². The van der Waals surface area contributed by atoms with Gasteiger partial charge in [-0.3, -0.25) is 9.79 Å². The first-order valence-electron chi connectivity index (χ1n) is 9.80. The highest BCUT2D eigenvalue weighted by molar-refractivity contribution is 5.88. The van der Waals surface area contributed by atoms with Crippen LogP contribution in [-0.4, -0.2) is 45.2 Å². The predicted octanol–water partition coefficient (Wildman–Crippen LogP) is 2.60. The summed E-state index contributed by atoms with van der Waals surface area (Å²) in [5.41, 5.74) is 2.99. The van der Waals surface area contributed by atoms with Gasteiger partial charge in [-0.05, 0) is 36.2 Å². The van der Waals surface area contributed by atoms with E-state index in [1.165, 1.54) is 6.92 Å². The van der Waals surface area contributed by atoms with E-state index in [1.54, 1.807) is 14.2 Å². The third kappa shape index (κ3) is 5.63. The van der Waals surface area contributed by atoms with E-state index in [2.05, 4.69) is 31.9 Å². The van der Waals surface area contributed by atoms with Crippen LogP contribution in [0.4, 0.5) is 11.4 Å². The largest absolute Gasteiger partial charge is 0.495 e. The summed E-state index contributed by atoms with van der Waals surface area (Å²) in [5, 5.41) is 9.67. The van der Waals surface area contributed by atoms with Crippen molar-refractivity contribution >= 4 is 23.2 Å². The Labute approximate surface area is 172 Å². The molecule has 1 aliphatic rings. The number of nitrogens with one attached hydrogen (secondary N) is 3. The van der Waals surface area contributed by atoms with Gasteiger partial charge in [0, 0.05) is 45.3 Å². The van der Waals surface area contributed by atoms with Crippen molar-refractivity contribution in [1.29, 1.82) is 0 Å². The van der Waals surface area contributed by atoms with Gasteiger partial charge in [-0.15, -0.1) is 0 Å². The molecule has 0 saturated carbocycles. The lowest BCUT2D eigenvalue weighted by Gasteiger charge is -2.22. The molecule has 1 saturated heterocycles. The molecule has 0 radical (unpaired) electrons. The molecule has 0 spiro atoms. The maximum atomic E-state index is 11.2. The van der Waals surface area contributed by atoms with Gasteiger partial charge in [0.2, 0.25) is 5.91 Å². The molecular weight excluding hydrogens is 366 g/mol. The quantitative estimate of drug-likeness (QED) is 0.518. The average Bonchev–Trinajstić information content (AvgIpc) is 3.19. The standard InChI is InChI=1S/C22H29N5O2/c1-16(28)25-18-8-6-7-17(13-18)14-24-22(23-2)26-19-11-12-27(15-19)20-9-4-5-10-21(20)29-3/h4-10,13,19H,11-12,14-15H2,1-3H3,(H,25,28)(H2,23,24,26). The van der Waals surface area contributed by atoms with Gasteiger partial charge >= 0.3 is 0 Å². The second-order valence-electron chi connectivity index (χ2n) is 7.06. The lowest BCUT2D eigenvalue weighted by atomic mass is 10.2. The zero-order valence-corrected chi connectivity index (χ0v) is 17.2. The zero-order chi connectivity index (χ0) is 20.6. The summed E-state index contributed by atoms with van der Waals surface area (Å²) in [5.74, 6) is 1.59. The lowest BCUT2D eigenvalue weighted by Crippen LogP contribution is -2.44. The number of guanidine groups is 1. The molecule has 3 N–H and O–H groups in total. The molecular formula is C22H29N5O2. The fourth-order valence-electron chi connectivity index (χ4n) is 3.52. The van der Waals surface area contributed by atoms with Gasteiger partial charge in [-0.1, -0.05) is 24.3 Å². The highest BCUT2D eigenvalue weighted by Gasteiger charge is 2.25. The molecule has 1 amide bonds. The summed E-state index contributed by atoms with van der Waals surface area (Å²) in [6.07, 6.45) is 1.02. The normalized spacial score (nSPS) is 16.4. The summed E-state index contributed by atoms with van der Waals surface area (Å²) in [6, 6.07) is 16.2. The lowest BCUT2D eigenvalue weighted by molar-refractivity contribution is -0.114. The van der Waals surface area contributed by atoms with Crippen molar-refractivity contribution in [3.8, 4) is 5.75 Å².